The Hall–Kier alpha value is -1.66. The van der Waals surface area contributed by atoms with Gasteiger partial charge in [-0.15, -0.1) is 12.4 Å². The number of aromatic amines is 1. The monoisotopic (exact) mass is 266 g/mol. The van der Waals surface area contributed by atoms with Crippen LogP contribution >= 0.6 is 12.4 Å². The number of halogens is 1. The van der Waals surface area contributed by atoms with E-state index in [-0.39, 0.29) is 12.4 Å². The molecule has 0 radical (unpaired) electrons. The number of nitrogens with one attached hydrogen (secondary N) is 3. The van der Waals surface area contributed by atoms with Crippen LogP contribution in [0, 0.1) is 0 Å². The molecule has 0 aliphatic carbocycles. The van der Waals surface area contributed by atoms with Crippen molar-refractivity contribution < 1.29 is 0 Å². The van der Waals surface area contributed by atoms with Crippen molar-refractivity contribution in [1.29, 1.82) is 0 Å². The maximum atomic E-state index is 4.47. The van der Waals surface area contributed by atoms with Gasteiger partial charge in [-0.05, 0) is 19.0 Å². The fraction of sp³-hybridized carbons (Fsp3) is 0.364. The van der Waals surface area contributed by atoms with Crippen LogP contribution in [-0.2, 0) is 0 Å². The first kappa shape index (κ1) is 12.8. The highest BCUT2D eigenvalue weighted by atomic mass is 35.5. The van der Waals surface area contributed by atoms with Crippen LogP contribution in [0.15, 0.2) is 24.7 Å². The third kappa shape index (κ3) is 2.77. The predicted molar refractivity (Wildman–Crippen MR) is 71.8 cm³/mol. The van der Waals surface area contributed by atoms with Crippen molar-refractivity contribution in [3.05, 3.63) is 24.7 Å². The molecule has 3 heterocycles. The van der Waals surface area contributed by atoms with Crippen LogP contribution in [-0.4, -0.2) is 39.3 Å². The number of hydrogen-bond acceptors (Lipinski definition) is 5. The molecule has 1 saturated heterocycles. The molecule has 96 valence electrons. The van der Waals surface area contributed by atoms with Crippen LogP contribution < -0.4 is 10.6 Å². The molecule has 7 heteroatoms. The lowest BCUT2D eigenvalue weighted by Crippen LogP contribution is -2.23. The number of H-pyrrole nitrogens is 1. The predicted octanol–water partition coefficient (Wildman–Crippen LogP) is 1.06. The second kappa shape index (κ2) is 5.79. The van der Waals surface area contributed by atoms with Gasteiger partial charge in [-0.3, -0.25) is 5.10 Å². The summed E-state index contributed by atoms with van der Waals surface area (Å²) in [5, 5.41) is 13.3. The summed E-state index contributed by atoms with van der Waals surface area (Å²) in [4.78, 5) is 8.70. The molecule has 1 aliphatic heterocycles. The molecular weight excluding hydrogens is 252 g/mol. The molecule has 1 atom stereocenters. The van der Waals surface area contributed by atoms with Crippen LogP contribution in [0.1, 0.15) is 6.42 Å². The Morgan fingerprint density at radius 3 is 3.06 bits per heavy atom. The van der Waals surface area contributed by atoms with Crippen molar-refractivity contribution in [3.63, 3.8) is 0 Å². The average molecular weight is 267 g/mol. The number of anilines is 1. The number of nitrogens with zero attached hydrogens (tertiary/aromatic N) is 3. The average Bonchev–Trinajstić information content (AvgIpc) is 3.01. The van der Waals surface area contributed by atoms with Crippen molar-refractivity contribution in [1.82, 2.24) is 25.5 Å². The van der Waals surface area contributed by atoms with E-state index in [1.54, 1.807) is 12.4 Å². The summed E-state index contributed by atoms with van der Waals surface area (Å²) in [6.45, 7) is 2.03. The van der Waals surface area contributed by atoms with Crippen molar-refractivity contribution >= 4 is 18.4 Å². The van der Waals surface area contributed by atoms with Crippen LogP contribution in [0.4, 0.5) is 5.95 Å². The first-order valence-electron chi connectivity index (χ1n) is 5.71. The van der Waals surface area contributed by atoms with Crippen molar-refractivity contribution in [2.45, 2.75) is 12.5 Å². The zero-order valence-corrected chi connectivity index (χ0v) is 10.6. The van der Waals surface area contributed by atoms with Crippen LogP contribution in [0.5, 0.6) is 0 Å². The Bertz CT molecular complexity index is 480. The minimum atomic E-state index is 0. The molecule has 1 aliphatic rings. The summed E-state index contributed by atoms with van der Waals surface area (Å²) in [5.74, 6) is 0.678. The molecule has 0 unspecified atom stereocenters. The van der Waals surface area contributed by atoms with Crippen LogP contribution in [0.3, 0.4) is 0 Å². The van der Waals surface area contributed by atoms with Gasteiger partial charge < -0.3 is 10.6 Å². The molecule has 0 amide bonds. The fourth-order valence-corrected chi connectivity index (χ4v) is 1.94. The van der Waals surface area contributed by atoms with Crippen LogP contribution in [0.25, 0.3) is 11.3 Å². The van der Waals surface area contributed by atoms with Crippen LogP contribution in [0.2, 0.25) is 0 Å². The number of aromatic nitrogens is 4. The highest BCUT2D eigenvalue weighted by Crippen LogP contribution is 2.16. The number of hydrogen-bond donors (Lipinski definition) is 3. The van der Waals surface area contributed by atoms with Gasteiger partial charge in [0.1, 0.15) is 0 Å². The van der Waals surface area contributed by atoms with Crippen molar-refractivity contribution in [2.75, 3.05) is 18.4 Å². The minimum absolute atomic E-state index is 0. The van der Waals surface area contributed by atoms with Gasteiger partial charge in [-0.25, -0.2) is 9.97 Å². The maximum Gasteiger partial charge on any atom is 0.223 e. The van der Waals surface area contributed by atoms with E-state index < -0.39 is 0 Å². The standard InChI is InChI=1S/C11H14N6.ClH/c1-3-12-7-9(1)16-11-13-4-2-10(17-11)8-5-14-15-6-8;/h2,4-6,9,12H,1,3,7H2,(H,14,15)(H,13,16,17);1H/t9-;/m1./s1. The zero-order chi connectivity index (χ0) is 11.5. The largest absolute Gasteiger partial charge is 0.350 e. The lowest BCUT2D eigenvalue weighted by atomic mass is 10.2. The van der Waals surface area contributed by atoms with E-state index >= 15 is 0 Å². The van der Waals surface area contributed by atoms with E-state index in [1.807, 2.05) is 12.3 Å². The van der Waals surface area contributed by atoms with Crippen molar-refractivity contribution in [3.8, 4) is 11.3 Å². The smallest absolute Gasteiger partial charge is 0.223 e. The lowest BCUT2D eigenvalue weighted by Gasteiger charge is -2.11. The van der Waals surface area contributed by atoms with Gasteiger partial charge in [-0.2, -0.15) is 5.10 Å². The normalized spacial score (nSPS) is 18.3. The number of rotatable bonds is 3. The molecule has 3 rings (SSSR count). The van der Waals surface area contributed by atoms with E-state index in [9.17, 15) is 0 Å². The van der Waals surface area contributed by atoms with E-state index in [2.05, 4.69) is 30.8 Å². The summed E-state index contributed by atoms with van der Waals surface area (Å²) in [5.41, 5.74) is 1.85. The van der Waals surface area contributed by atoms with E-state index in [0.29, 0.717) is 12.0 Å². The Morgan fingerprint density at radius 1 is 1.39 bits per heavy atom. The maximum absolute atomic E-state index is 4.47. The zero-order valence-electron chi connectivity index (χ0n) is 9.76. The van der Waals surface area contributed by atoms with Gasteiger partial charge in [0.25, 0.3) is 0 Å². The SMILES string of the molecule is Cl.c1cc(-c2cn[nH]c2)nc(N[C@@H]2CCNC2)n1. The third-order valence-electron chi connectivity index (χ3n) is 2.84. The minimum Gasteiger partial charge on any atom is -0.350 e. The highest BCUT2D eigenvalue weighted by molar-refractivity contribution is 5.85. The summed E-state index contributed by atoms with van der Waals surface area (Å²) in [6.07, 6.45) is 6.45. The topological polar surface area (TPSA) is 78.5 Å². The van der Waals surface area contributed by atoms with E-state index in [0.717, 1.165) is 30.8 Å². The van der Waals surface area contributed by atoms with Gasteiger partial charge in [-0.1, -0.05) is 0 Å². The molecular formula is C11H15ClN6. The molecule has 0 aromatic carbocycles. The van der Waals surface area contributed by atoms with E-state index in [4.69, 9.17) is 0 Å². The Kier molecular flexibility index (Phi) is 4.11. The lowest BCUT2D eigenvalue weighted by molar-refractivity contribution is 0.781. The first-order valence-corrected chi connectivity index (χ1v) is 5.71. The van der Waals surface area contributed by atoms with Crippen molar-refractivity contribution in [2.24, 2.45) is 0 Å². The second-order valence-electron chi connectivity index (χ2n) is 4.09. The highest BCUT2D eigenvalue weighted by Gasteiger charge is 2.15. The molecule has 3 N–H and O–H groups in total. The summed E-state index contributed by atoms with van der Waals surface area (Å²) in [7, 11) is 0. The summed E-state index contributed by atoms with van der Waals surface area (Å²) >= 11 is 0. The van der Waals surface area contributed by atoms with Gasteiger partial charge in [0.05, 0.1) is 11.9 Å². The quantitative estimate of drug-likeness (QED) is 0.774. The Balaban J connectivity index is 0.00000120. The Labute approximate surface area is 111 Å². The molecule has 0 bridgehead atoms. The van der Waals surface area contributed by atoms with E-state index in [1.165, 1.54) is 0 Å². The molecule has 0 spiro atoms. The first-order chi connectivity index (χ1) is 8.42. The molecule has 1 fully saturated rings. The third-order valence-corrected chi connectivity index (χ3v) is 2.84. The second-order valence-corrected chi connectivity index (χ2v) is 4.09. The molecule has 2 aromatic heterocycles. The van der Waals surface area contributed by atoms with Gasteiger partial charge in [0, 0.05) is 30.5 Å². The molecule has 2 aromatic rings. The van der Waals surface area contributed by atoms with Gasteiger partial charge in [0.2, 0.25) is 5.95 Å². The molecule has 6 nitrogen and oxygen atoms in total. The van der Waals surface area contributed by atoms with Gasteiger partial charge in [0.15, 0.2) is 0 Å². The summed E-state index contributed by atoms with van der Waals surface area (Å²) in [6, 6.07) is 2.30. The fourth-order valence-electron chi connectivity index (χ4n) is 1.94. The molecule has 0 saturated carbocycles. The Morgan fingerprint density at radius 2 is 2.33 bits per heavy atom. The summed E-state index contributed by atoms with van der Waals surface area (Å²) < 4.78 is 0. The van der Waals surface area contributed by atoms with Gasteiger partial charge >= 0.3 is 0 Å². The molecule has 18 heavy (non-hydrogen) atoms.